The molecule has 1 atom stereocenters. The Morgan fingerprint density at radius 3 is 2.73 bits per heavy atom. The molecular weight excluding hydrogens is 388 g/mol. The van der Waals surface area contributed by atoms with Crippen molar-refractivity contribution >= 4 is 34.1 Å². The number of nitro groups is 1. The maximum Gasteiger partial charge on any atom is 0.271 e. The number of hydrogen-bond donors (Lipinski definition) is 1. The van der Waals surface area contributed by atoms with Gasteiger partial charge in [0.25, 0.3) is 5.69 Å². The predicted molar refractivity (Wildman–Crippen MR) is 111 cm³/mol. The molecule has 2 aromatic heterocycles. The van der Waals surface area contributed by atoms with E-state index in [1.165, 1.54) is 12.1 Å². The van der Waals surface area contributed by atoms with Crippen LogP contribution in [0.2, 0.25) is 0 Å². The quantitative estimate of drug-likeness (QED) is 0.495. The number of carbonyl (C=O) groups is 1. The third kappa shape index (κ3) is 3.79. The van der Waals surface area contributed by atoms with Gasteiger partial charge in [0.2, 0.25) is 5.91 Å². The summed E-state index contributed by atoms with van der Waals surface area (Å²) in [7, 11) is 1.85. The molecule has 11 nitrogen and oxygen atoms in total. The van der Waals surface area contributed by atoms with Crippen molar-refractivity contribution in [1.29, 1.82) is 0 Å². The van der Waals surface area contributed by atoms with E-state index in [-0.39, 0.29) is 17.6 Å². The number of benzene rings is 1. The van der Waals surface area contributed by atoms with Crippen LogP contribution in [0.1, 0.15) is 6.92 Å². The molecule has 1 fully saturated rings. The van der Waals surface area contributed by atoms with Crippen LogP contribution in [0.3, 0.4) is 0 Å². The maximum atomic E-state index is 12.7. The molecule has 0 saturated carbocycles. The molecule has 0 aliphatic carbocycles. The van der Waals surface area contributed by atoms with E-state index in [2.05, 4.69) is 30.2 Å². The monoisotopic (exact) mass is 410 g/mol. The van der Waals surface area contributed by atoms with Crippen molar-refractivity contribution in [2.24, 2.45) is 7.05 Å². The number of aromatic nitrogens is 4. The second kappa shape index (κ2) is 8.03. The number of amides is 1. The average molecular weight is 410 g/mol. The van der Waals surface area contributed by atoms with Crippen LogP contribution in [0.15, 0.2) is 36.8 Å². The van der Waals surface area contributed by atoms with Crippen LogP contribution in [-0.4, -0.2) is 67.7 Å². The van der Waals surface area contributed by atoms with Crippen molar-refractivity contribution in [2.45, 2.75) is 13.0 Å². The van der Waals surface area contributed by atoms with Crippen LogP contribution < -0.4 is 10.2 Å². The molecule has 4 rings (SSSR count). The molecule has 1 aliphatic rings. The van der Waals surface area contributed by atoms with Crippen molar-refractivity contribution in [2.75, 3.05) is 36.4 Å². The summed E-state index contributed by atoms with van der Waals surface area (Å²) < 4.78 is 1.72. The standard InChI is InChI=1S/C19H22N8O3/c1-13(19(28)23-14-4-3-5-15(10-14)27(29)30)25-6-8-26(9-7-25)18-16-11-22-24(2)17(16)20-12-21-18/h3-5,10-13H,6-9H2,1-2H3,(H,23,28). The minimum absolute atomic E-state index is 0.0550. The highest BCUT2D eigenvalue weighted by molar-refractivity contribution is 5.94. The number of nitrogens with one attached hydrogen (secondary N) is 1. The van der Waals surface area contributed by atoms with E-state index in [9.17, 15) is 14.9 Å². The van der Waals surface area contributed by atoms with E-state index < -0.39 is 4.92 Å². The molecule has 3 heterocycles. The fraction of sp³-hybridized carbons (Fsp3) is 0.368. The number of aryl methyl sites for hydroxylation is 1. The number of carbonyl (C=O) groups excluding carboxylic acids is 1. The number of rotatable bonds is 5. The smallest absolute Gasteiger partial charge is 0.271 e. The molecule has 1 N–H and O–H groups in total. The lowest BCUT2D eigenvalue weighted by Crippen LogP contribution is -2.53. The van der Waals surface area contributed by atoms with Gasteiger partial charge in [0.05, 0.1) is 22.5 Å². The molecule has 3 aromatic rings. The molecular formula is C19H22N8O3. The van der Waals surface area contributed by atoms with Crippen LogP contribution in [0.25, 0.3) is 11.0 Å². The number of piperazine rings is 1. The molecule has 156 valence electrons. The maximum absolute atomic E-state index is 12.7. The molecule has 1 aromatic carbocycles. The Morgan fingerprint density at radius 2 is 2.00 bits per heavy atom. The van der Waals surface area contributed by atoms with Crippen molar-refractivity contribution < 1.29 is 9.72 Å². The molecule has 0 bridgehead atoms. The van der Waals surface area contributed by atoms with Gasteiger partial charge in [0, 0.05) is 51.0 Å². The molecule has 30 heavy (non-hydrogen) atoms. The summed E-state index contributed by atoms with van der Waals surface area (Å²) in [5.74, 6) is 0.655. The first-order chi connectivity index (χ1) is 14.4. The lowest BCUT2D eigenvalue weighted by Gasteiger charge is -2.38. The highest BCUT2D eigenvalue weighted by Crippen LogP contribution is 2.24. The Labute approximate surface area is 172 Å². The second-order valence-corrected chi connectivity index (χ2v) is 7.20. The van der Waals surface area contributed by atoms with E-state index in [0.717, 1.165) is 29.9 Å². The third-order valence-corrected chi connectivity index (χ3v) is 5.37. The zero-order chi connectivity index (χ0) is 21.3. The van der Waals surface area contributed by atoms with E-state index in [1.807, 2.05) is 14.0 Å². The highest BCUT2D eigenvalue weighted by atomic mass is 16.6. The van der Waals surface area contributed by atoms with Crippen LogP contribution >= 0.6 is 0 Å². The molecule has 11 heteroatoms. The molecule has 1 unspecified atom stereocenters. The van der Waals surface area contributed by atoms with Gasteiger partial charge < -0.3 is 10.2 Å². The Bertz CT molecular complexity index is 1090. The van der Waals surface area contributed by atoms with Crippen molar-refractivity contribution in [3.05, 3.63) is 46.9 Å². The van der Waals surface area contributed by atoms with Gasteiger partial charge in [-0.15, -0.1) is 0 Å². The first kappa shape index (κ1) is 19.7. The Kier molecular flexibility index (Phi) is 5.27. The fourth-order valence-electron chi connectivity index (χ4n) is 3.63. The van der Waals surface area contributed by atoms with Crippen molar-refractivity contribution in [3.63, 3.8) is 0 Å². The van der Waals surface area contributed by atoms with Crippen molar-refractivity contribution in [1.82, 2.24) is 24.6 Å². The normalized spacial score (nSPS) is 15.9. The molecule has 0 spiro atoms. The van der Waals surface area contributed by atoms with Crippen LogP contribution in [-0.2, 0) is 11.8 Å². The van der Waals surface area contributed by atoms with Gasteiger partial charge in [-0.25, -0.2) is 9.97 Å². The lowest BCUT2D eigenvalue weighted by molar-refractivity contribution is -0.384. The van der Waals surface area contributed by atoms with E-state index in [4.69, 9.17) is 0 Å². The largest absolute Gasteiger partial charge is 0.353 e. The summed E-state index contributed by atoms with van der Waals surface area (Å²) in [4.78, 5) is 36.1. The van der Waals surface area contributed by atoms with Crippen molar-refractivity contribution in [3.8, 4) is 0 Å². The van der Waals surface area contributed by atoms with Gasteiger partial charge in [-0.1, -0.05) is 6.07 Å². The van der Waals surface area contributed by atoms with Gasteiger partial charge in [-0.3, -0.25) is 24.5 Å². The Morgan fingerprint density at radius 1 is 1.23 bits per heavy atom. The molecule has 1 aliphatic heterocycles. The average Bonchev–Trinajstić information content (AvgIpc) is 3.14. The third-order valence-electron chi connectivity index (χ3n) is 5.37. The SMILES string of the molecule is CC(C(=O)Nc1cccc([N+](=O)[O-])c1)N1CCN(c2ncnc3c2cnn3C)CC1. The predicted octanol–water partition coefficient (Wildman–Crippen LogP) is 1.42. The van der Waals surface area contributed by atoms with Crippen LogP contribution in [0, 0.1) is 10.1 Å². The molecule has 1 amide bonds. The summed E-state index contributed by atoms with van der Waals surface area (Å²) in [5, 5.41) is 18.9. The van der Waals surface area contributed by atoms with Gasteiger partial charge >= 0.3 is 0 Å². The summed E-state index contributed by atoms with van der Waals surface area (Å²) >= 11 is 0. The second-order valence-electron chi connectivity index (χ2n) is 7.20. The van der Waals surface area contributed by atoms with Gasteiger partial charge in [0.1, 0.15) is 12.1 Å². The Hall–Kier alpha value is -3.60. The number of nitro benzene ring substituents is 1. The molecule has 1 saturated heterocycles. The van der Waals surface area contributed by atoms with E-state index >= 15 is 0 Å². The first-order valence-electron chi connectivity index (χ1n) is 9.61. The summed E-state index contributed by atoms with van der Waals surface area (Å²) in [6.45, 7) is 4.65. The van der Waals surface area contributed by atoms with Crippen LogP contribution in [0.5, 0.6) is 0 Å². The van der Waals surface area contributed by atoms with Gasteiger partial charge in [-0.2, -0.15) is 5.10 Å². The van der Waals surface area contributed by atoms with Gasteiger partial charge in [0.15, 0.2) is 5.65 Å². The zero-order valence-electron chi connectivity index (χ0n) is 16.7. The van der Waals surface area contributed by atoms with Crippen LogP contribution in [0.4, 0.5) is 17.2 Å². The number of non-ortho nitro benzene ring substituents is 1. The number of fused-ring (bicyclic) bond motifs is 1. The lowest BCUT2D eigenvalue weighted by atomic mass is 10.2. The topological polar surface area (TPSA) is 122 Å². The summed E-state index contributed by atoms with van der Waals surface area (Å²) in [6, 6.07) is 5.58. The summed E-state index contributed by atoms with van der Waals surface area (Å²) in [6.07, 6.45) is 3.31. The number of hydrogen-bond acceptors (Lipinski definition) is 8. The van der Waals surface area contributed by atoms with E-state index in [1.54, 1.807) is 29.3 Å². The minimum atomic E-state index is -0.481. The highest BCUT2D eigenvalue weighted by Gasteiger charge is 2.27. The zero-order valence-corrected chi connectivity index (χ0v) is 16.7. The fourth-order valence-corrected chi connectivity index (χ4v) is 3.63. The number of nitrogens with zero attached hydrogens (tertiary/aromatic N) is 7. The first-order valence-corrected chi connectivity index (χ1v) is 9.61. The van der Waals surface area contributed by atoms with Gasteiger partial charge in [-0.05, 0) is 13.0 Å². The molecule has 0 radical (unpaired) electrons. The minimum Gasteiger partial charge on any atom is -0.353 e. The number of anilines is 2. The van der Waals surface area contributed by atoms with E-state index in [0.29, 0.717) is 18.8 Å². The summed E-state index contributed by atoms with van der Waals surface area (Å²) in [5.41, 5.74) is 1.15. The Balaban J connectivity index is 1.39.